The summed E-state index contributed by atoms with van der Waals surface area (Å²) in [6.45, 7) is 3.92. The topological polar surface area (TPSA) is 83.1 Å². The van der Waals surface area contributed by atoms with Gasteiger partial charge in [-0.25, -0.2) is 9.78 Å². The first kappa shape index (κ1) is 19.9. The number of carbonyl (C=O) groups excluding carboxylic acids is 2. The van der Waals surface area contributed by atoms with E-state index in [1.54, 1.807) is 29.6 Å². The molecule has 0 fully saturated rings. The highest BCUT2D eigenvalue weighted by Crippen LogP contribution is 2.19. The molecule has 3 rings (SSSR count). The maximum absolute atomic E-state index is 12.3. The number of benzene rings is 2. The Labute approximate surface area is 172 Å². The Balaban J connectivity index is 1.54. The number of anilines is 3. The summed E-state index contributed by atoms with van der Waals surface area (Å²) in [7, 11) is 0. The maximum atomic E-state index is 12.3. The van der Waals surface area contributed by atoms with Gasteiger partial charge in [-0.2, -0.15) is 0 Å². The second kappa shape index (κ2) is 8.86. The number of urea groups is 1. The minimum absolute atomic E-state index is 0.129. The first-order chi connectivity index (χ1) is 13.4. The largest absolute Gasteiger partial charge is 0.325 e. The van der Waals surface area contributed by atoms with E-state index in [0.29, 0.717) is 21.5 Å². The first-order valence-corrected chi connectivity index (χ1v) is 9.80. The van der Waals surface area contributed by atoms with Crippen molar-refractivity contribution in [3.8, 4) is 0 Å². The standard InChI is InChI=1S/C20H19ClN4O2S/c1-12-3-4-13(2)17(9-12)24-18(26)10-16-11-28-20(23-16)25-19(27)22-15-7-5-14(21)6-8-15/h3-9,11H,10H2,1-2H3,(H,24,26)(H2,22,23,25,27). The lowest BCUT2D eigenvalue weighted by atomic mass is 10.1. The van der Waals surface area contributed by atoms with Gasteiger partial charge in [-0.05, 0) is 55.3 Å². The predicted octanol–water partition coefficient (Wildman–Crippen LogP) is 5.24. The molecule has 0 saturated heterocycles. The Morgan fingerprint density at radius 2 is 1.79 bits per heavy atom. The molecular weight excluding hydrogens is 396 g/mol. The van der Waals surface area contributed by atoms with Crippen LogP contribution in [0, 0.1) is 13.8 Å². The van der Waals surface area contributed by atoms with Crippen LogP contribution in [-0.4, -0.2) is 16.9 Å². The number of amides is 3. The fraction of sp³-hybridized carbons (Fsp3) is 0.150. The second-order valence-corrected chi connectivity index (χ2v) is 7.57. The maximum Gasteiger partial charge on any atom is 0.325 e. The quantitative estimate of drug-likeness (QED) is 0.534. The summed E-state index contributed by atoms with van der Waals surface area (Å²) in [6.07, 6.45) is 0.129. The molecule has 3 aromatic rings. The summed E-state index contributed by atoms with van der Waals surface area (Å²) in [4.78, 5) is 28.6. The number of hydrogen-bond acceptors (Lipinski definition) is 4. The summed E-state index contributed by atoms with van der Waals surface area (Å²) in [5.74, 6) is -0.156. The Bertz CT molecular complexity index is 1000. The molecule has 0 aliphatic rings. The molecule has 0 aliphatic carbocycles. The molecule has 0 unspecified atom stereocenters. The average Bonchev–Trinajstić information content (AvgIpc) is 3.06. The van der Waals surface area contributed by atoms with Crippen molar-refractivity contribution in [2.24, 2.45) is 0 Å². The summed E-state index contributed by atoms with van der Waals surface area (Å²) < 4.78 is 0. The molecule has 8 heteroatoms. The van der Waals surface area contributed by atoms with E-state index in [1.807, 2.05) is 32.0 Å². The van der Waals surface area contributed by atoms with E-state index in [2.05, 4.69) is 20.9 Å². The molecule has 0 saturated carbocycles. The van der Waals surface area contributed by atoms with Gasteiger partial charge >= 0.3 is 6.03 Å². The Hall–Kier alpha value is -2.90. The van der Waals surface area contributed by atoms with Crippen LogP contribution in [-0.2, 0) is 11.2 Å². The second-order valence-electron chi connectivity index (χ2n) is 6.27. The number of aryl methyl sites for hydroxylation is 2. The lowest BCUT2D eigenvalue weighted by molar-refractivity contribution is -0.115. The molecule has 2 aromatic carbocycles. The number of carbonyl (C=O) groups is 2. The monoisotopic (exact) mass is 414 g/mol. The van der Waals surface area contributed by atoms with Crippen molar-refractivity contribution in [3.05, 3.63) is 69.7 Å². The van der Waals surface area contributed by atoms with Crippen LogP contribution >= 0.6 is 22.9 Å². The number of hydrogen-bond donors (Lipinski definition) is 3. The Kier molecular flexibility index (Phi) is 6.28. The van der Waals surface area contributed by atoms with Crippen molar-refractivity contribution in [1.29, 1.82) is 0 Å². The van der Waals surface area contributed by atoms with Gasteiger partial charge in [0.1, 0.15) is 0 Å². The van der Waals surface area contributed by atoms with Crippen molar-refractivity contribution in [2.45, 2.75) is 20.3 Å². The van der Waals surface area contributed by atoms with Crippen LogP contribution in [0.4, 0.5) is 21.3 Å². The van der Waals surface area contributed by atoms with Crippen molar-refractivity contribution < 1.29 is 9.59 Å². The minimum Gasteiger partial charge on any atom is -0.325 e. The minimum atomic E-state index is -0.414. The molecule has 0 atom stereocenters. The number of nitrogens with zero attached hydrogens (tertiary/aromatic N) is 1. The molecule has 3 N–H and O–H groups in total. The number of rotatable bonds is 5. The van der Waals surface area contributed by atoms with Crippen LogP contribution in [0.15, 0.2) is 47.8 Å². The third-order valence-corrected chi connectivity index (χ3v) is 4.94. The third-order valence-electron chi connectivity index (χ3n) is 3.88. The van der Waals surface area contributed by atoms with Gasteiger partial charge in [0.05, 0.1) is 12.1 Å². The molecule has 144 valence electrons. The van der Waals surface area contributed by atoms with Crippen molar-refractivity contribution in [2.75, 3.05) is 16.0 Å². The lowest BCUT2D eigenvalue weighted by Crippen LogP contribution is -2.19. The van der Waals surface area contributed by atoms with Crippen molar-refractivity contribution in [3.63, 3.8) is 0 Å². The van der Waals surface area contributed by atoms with Crippen LogP contribution in [0.2, 0.25) is 5.02 Å². The van der Waals surface area contributed by atoms with Crippen LogP contribution in [0.25, 0.3) is 0 Å². The Morgan fingerprint density at radius 3 is 2.54 bits per heavy atom. The summed E-state index contributed by atoms with van der Waals surface area (Å²) in [6, 6.07) is 12.3. The summed E-state index contributed by atoms with van der Waals surface area (Å²) in [5.41, 5.74) is 4.08. The molecule has 1 aromatic heterocycles. The lowest BCUT2D eigenvalue weighted by Gasteiger charge is -2.08. The van der Waals surface area contributed by atoms with Gasteiger partial charge in [-0.1, -0.05) is 23.7 Å². The molecule has 28 heavy (non-hydrogen) atoms. The highest BCUT2D eigenvalue weighted by molar-refractivity contribution is 7.14. The van der Waals surface area contributed by atoms with Crippen LogP contribution in [0.3, 0.4) is 0 Å². The molecule has 0 radical (unpaired) electrons. The van der Waals surface area contributed by atoms with Gasteiger partial charge in [0.25, 0.3) is 0 Å². The smallest absolute Gasteiger partial charge is 0.325 e. The van der Waals surface area contributed by atoms with Gasteiger partial charge in [0.15, 0.2) is 5.13 Å². The fourth-order valence-electron chi connectivity index (χ4n) is 2.47. The number of aromatic nitrogens is 1. The molecule has 1 heterocycles. The normalized spacial score (nSPS) is 10.4. The van der Waals surface area contributed by atoms with E-state index >= 15 is 0 Å². The highest BCUT2D eigenvalue weighted by atomic mass is 35.5. The van der Waals surface area contributed by atoms with Gasteiger partial charge in [-0.15, -0.1) is 11.3 Å². The molecule has 0 aliphatic heterocycles. The summed E-state index contributed by atoms with van der Waals surface area (Å²) in [5, 5.41) is 11.0. The Morgan fingerprint density at radius 1 is 1.04 bits per heavy atom. The van der Waals surface area contributed by atoms with E-state index in [-0.39, 0.29) is 12.3 Å². The van der Waals surface area contributed by atoms with Crippen LogP contribution < -0.4 is 16.0 Å². The van der Waals surface area contributed by atoms with E-state index in [9.17, 15) is 9.59 Å². The van der Waals surface area contributed by atoms with E-state index in [4.69, 9.17) is 11.6 Å². The van der Waals surface area contributed by atoms with Crippen LogP contribution in [0.5, 0.6) is 0 Å². The third kappa shape index (κ3) is 5.55. The highest BCUT2D eigenvalue weighted by Gasteiger charge is 2.11. The van der Waals surface area contributed by atoms with Crippen LogP contribution in [0.1, 0.15) is 16.8 Å². The molecular formula is C20H19ClN4O2S. The first-order valence-electron chi connectivity index (χ1n) is 8.54. The molecule has 0 spiro atoms. The van der Waals surface area contributed by atoms with E-state index in [1.165, 1.54) is 11.3 Å². The summed E-state index contributed by atoms with van der Waals surface area (Å²) >= 11 is 7.08. The van der Waals surface area contributed by atoms with E-state index in [0.717, 1.165) is 16.8 Å². The van der Waals surface area contributed by atoms with Gasteiger partial charge < -0.3 is 10.6 Å². The SMILES string of the molecule is Cc1ccc(C)c(NC(=O)Cc2csc(NC(=O)Nc3ccc(Cl)cc3)n2)c1. The van der Waals surface area contributed by atoms with Gasteiger partial charge in [0, 0.05) is 21.8 Å². The molecule has 0 bridgehead atoms. The van der Waals surface area contributed by atoms with Crippen molar-refractivity contribution >= 4 is 51.4 Å². The zero-order valence-corrected chi connectivity index (χ0v) is 16.9. The van der Waals surface area contributed by atoms with E-state index < -0.39 is 6.03 Å². The zero-order chi connectivity index (χ0) is 20.1. The average molecular weight is 415 g/mol. The van der Waals surface area contributed by atoms with Crippen molar-refractivity contribution in [1.82, 2.24) is 4.98 Å². The number of thiazole rings is 1. The molecule has 3 amide bonds. The zero-order valence-electron chi connectivity index (χ0n) is 15.4. The van der Waals surface area contributed by atoms with Gasteiger partial charge in [0.2, 0.25) is 5.91 Å². The fourth-order valence-corrected chi connectivity index (χ4v) is 3.30. The number of nitrogens with one attached hydrogen (secondary N) is 3. The van der Waals surface area contributed by atoms with Gasteiger partial charge in [-0.3, -0.25) is 10.1 Å². The number of halogens is 1. The molecule has 6 nitrogen and oxygen atoms in total. The predicted molar refractivity (Wildman–Crippen MR) is 114 cm³/mol.